The molecule has 128 valence electrons. The van der Waals surface area contributed by atoms with E-state index in [-0.39, 0.29) is 5.82 Å². The van der Waals surface area contributed by atoms with Crippen molar-refractivity contribution in [1.29, 1.82) is 0 Å². The van der Waals surface area contributed by atoms with Crippen LogP contribution in [0.3, 0.4) is 0 Å². The number of hydrogen-bond acceptors (Lipinski definition) is 6. The molecule has 1 saturated heterocycles. The molecule has 6 nitrogen and oxygen atoms in total. The number of rotatable bonds is 5. The topological polar surface area (TPSA) is 57.2 Å². The Balaban J connectivity index is 1.52. The predicted octanol–water partition coefficient (Wildman–Crippen LogP) is 2.15. The van der Waals surface area contributed by atoms with Crippen molar-refractivity contribution in [3.8, 4) is 0 Å². The summed E-state index contributed by atoms with van der Waals surface area (Å²) >= 11 is 0. The van der Waals surface area contributed by atoms with Gasteiger partial charge in [-0.05, 0) is 18.9 Å². The Morgan fingerprint density at radius 1 is 1.29 bits per heavy atom. The van der Waals surface area contributed by atoms with Gasteiger partial charge in [0.2, 0.25) is 0 Å². The molecule has 0 saturated carbocycles. The third-order valence-electron chi connectivity index (χ3n) is 4.30. The minimum atomic E-state index is -0.227. The summed E-state index contributed by atoms with van der Waals surface area (Å²) in [4.78, 5) is 16.6. The van der Waals surface area contributed by atoms with Gasteiger partial charge in [-0.2, -0.15) is 0 Å². The van der Waals surface area contributed by atoms with Crippen LogP contribution in [0.5, 0.6) is 0 Å². The predicted molar refractivity (Wildman–Crippen MR) is 92.5 cm³/mol. The van der Waals surface area contributed by atoms with Gasteiger partial charge >= 0.3 is 0 Å². The lowest BCUT2D eigenvalue weighted by Crippen LogP contribution is -2.39. The molecular formula is C17H23FN6. The first kappa shape index (κ1) is 16.6. The lowest BCUT2D eigenvalue weighted by atomic mass is 10.0. The molecule has 24 heavy (non-hydrogen) atoms. The molecule has 0 radical (unpaired) electrons. The second kappa shape index (κ2) is 7.53. The van der Waals surface area contributed by atoms with Crippen LogP contribution in [0.15, 0.2) is 30.9 Å². The maximum Gasteiger partial charge on any atom is 0.145 e. The number of pyridine rings is 1. The molecule has 3 heterocycles. The SMILES string of the molecule is CN(C)c1cc(NC2CCN(Cc3ccncc3F)CC2)ncn1. The Kier molecular flexibility index (Phi) is 5.20. The van der Waals surface area contributed by atoms with Crippen LogP contribution in [0.4, 0.5) is 16.0 Å². The maximum atomic E-state index is 13.7. The first-order chi connectivity index (χ1) is 11.6. The van der Waals surface area contributed by atoms with E-state index in [2.05, 4.69) is 25.2 Å². The van der Waals surface area contributed by atoms with Crippen LogP contribution >= 0.6 is 0 Å². The molecule has 0 unspecified atom stereocenters. The molecule has 1 aliphatic heterocycles. The lowest BCUT2D eigenvalue weighted by Gasteiger charge is -2.32. The summed E-state index contributed by atoms with van der Waals surface area (Å²) in [5, 5.41) is 3.48. The summed E-state index contributed by atoms with van der Waals surface area (Å²) in [5.74, 6) is 1.51. The van der Waals surface area contributed by atoms with Gasteiger partial charge in [-0.25, -0.2) is 14.4 Å². The zero-order valence-corrected chi connectivity index (χ0v) is 14.1. The molecule has 2 aromatic rings. The van der Waals surface area contributed by atoms with Crippen molar-refractivity contribution >= 4 is 11.6 Å². The van der Waals surface area contributed by atoms with E-state index in [1.54, 1.807) is 18.6 Å². The standard InChI is InChI=1S/C17H23FN6/c1-23(2)17-9-16(20-12-21-17)22-14-4-7-24(8-5-14)11-13-3-6-19-10-15(13)18/h3,6,9-10,12,14H,4-5,7-8,11H2,1-2H3,(H,20,21,22). The number of likely N-dealkylation sites (tertiary alicyclic amines) is 1. The molecule has 0 spiro atoms. The molecule has 1 aliphatic rings. The third kappa shape index (κ3) is 4.17. The smallest absolute Gasteiger partial charge is 0.145 e. The summed E-state index contributed by atoms with van der Waals surface area (Å²) in [5.41, 5.74) is 0.711. The third-order valence-corrected chi connectivity index (χ3v) is 4.30. The van der Waals surface area contributed by atoms with Gasteiger partial charge in [0.1, 0.15) is 23.8 Å². The van der Waals surface area contributed by atoms with E-state index in [1.807, 2.05) is 25.1 Å². The average molecular weight is 330 g/mol. The van der Waals surface area contributed by atoms with Crippen LogP contribution in [0.2, 0.25) is 0 Å². The van der Waals surface area contributed by atoms with Crippen molar-refractivity contribution in [3.63, 3.8) is 0 Å². The molecule has 7 heteroatoms. The van der Waals surface area contributed by atoms with E-state index in [0.717, 1.165) is 37.6 Å². The second-order valence-electron chi connectivity index (χ2n) is 6.32. The van der Waals surface area contributed by atoms with Crippen molar-refractivity contribution in [2.24, 2.45) is 0 Å². The highest BCUT2D eigenvalue weighted by atomic mass is 19.1. The van der Waals surface area contributed by atoms with Crippen molar-refractivity contribution in [2.45, 2.75) is 25.4 Å². The maximum absolute atomic E-state index is 13.7. The molecule has 3 rings (SSSR count). The number of aromatic nitrogens is 3. The molecule has 1 fully saturated rings. The monoisotopic (exact) mass is 330 g/mol. The van der Waals surface area contributed by atoms with Gasteiger partial charge in [0.25, 0.3) is 0 Å². The van der Waals surface area contributed by atoms with Crippen LogP contribution in [-0.2, 0) is 6.54 Å². The quantitative estimate of drug-likeness (QED) is 0.907. The van der Waals surface area contributed by atoms with Crippen LogP contribution in [0.1, 0.15) is 18.4 Å². The molecule has 0 atom stereocenters. The Morgan fingerprint density at radius 3 is 2.79 bits per heavy atom. The minimum absolute atomic E-state index is 0.227. The van der Waals surface area contributed by atoms with E-state index in [4.69, 9.17) is 0 Å². The molecule has 1 N–H and O–H groups in total. The van der Waals surface area contributed by atoms with Gasteiger partial charge in [-0.3, -0.25) is 9.88 Å². The normalized spacial score (nSPS) is 16.1. The first-order valence-corrected chi connectivity index (χ1v) is 8.18. The van der Waals surface area contributed by atoms with Crippen LogP contribution in [-0.4, -0.2) is 53.1 Å². The number of halogens is 1. The van der Waals surface area contributed by atoms with Crippen molar-refractivity contribution < 1.29 is 4.39 Å². The molecule has 0 aromatic carbocycles. The number of anilines is 2. The van der Waals surface area contributed by atoms with E-state index < -0.39 is 0 Å². The summed E-state index contributed by atoms with van der Waals surface area (Å²) in [6.07, 6.45) is 6.52. The fourth-order valence-electron chi connectivity index (χ4n) is 2.89. The summed E-state index contributed by atoms with van der Waals surface area (Å²) in [6, 6.07) is 4.09. The molecule has 0 amide bonds. The zero-order chi connectivity index (χ0) is 16.9. The highest BCUT2D eigenvalue weighted by Crippen LogP contribution is 2.19. The Labute approximate surface area is 141 Å². The highest BCUT2D eigenvalue weighted by Gasteiger charge is 2.20. The van der Waals surface area contributed by atoms with E-state index in [1.165, 1.54) is 6.20 Å². The largest absolute Gasteiger partial charge is 0.367 e. The molecule has 0 bridgehead atoms. The summed E-state index contributed by atoms with van der Waals surface area (Å²) < 4.78 is 13.7. The van der Waals surface area contributed by atoms with Crippen LogP contribution in [0, 0.1) is 5.82 Å². The van der Waals surface area contributed by atoms with Gasteiger partial charge in [0.05, 0.1) is 6.20 Å². The molecular weight excluding hydrogens is 307 g/mol. The fourth-order valence-corrected chi connectivity index (χ4v) is 2.89. The average Bonchev–Trinajstić information content (AvgIpc) is 2.59. The number of hydrogen-bond donors (Lipinski definition) is 1. The fraction of sp³-hybridized carbons (Fsp3) is 0.471. The van der Waals surface area contributed by atoms with E-state index in [9.17, 15) is 4.39 Å². The number of nitrogens with zero attached hydrogens (tertiary/aromatic N) is 5. The van der Waals surface area contributed by atoms with Crippen molar-refractivity contribution in [3.05, 3.63) is 42.2 Å². The van der Waals surface area contributed by atoms with Crippen LogP contribution < -0.4 is 10.2 Å². The van der Waals surface area contributed by atoms with E-state index in [0.29, 0.717) is 18.2 Å². The van der Waals surface area contributed by atoms with Gasteiger partial charge < -0.3 is 10.2 Å². The van der Waals surface area contributed by atoms with Gasteiger partial charge in [-0.1, -0.05) is 0 Å². The zero-order valence-electron chi connectivity index (χ0n) is 14.1. The number of nitrogens with one attached hydrogen (secondary N) is 1. The van der Waals surface area contributed by atoms with Gasteiger partial charge in [0.15, 0.2) is 0 Å². The summed E-state index contributed by atoms with van der Waals surface area (Å²) in [7, 11) is 3.92. The Morgan fingerprint density at radius 2 is 2.08 bits per heavy atom. The molecule has 2 aromatic heterocycles. The number of piperidine rings is 1. The highest BCUT2D eigenvalue weighted by molar-refractivity contribution is 5.47. The van der Waals surface area contributed by atoms with Crippen molar-refractivity contribution in [1.82, 2.24) is 19.9 Å². The Bertz CT molecular complexity index is 670. The van der Waals surface area contributed by atoms with Gasteiger partial charge in [0, 0.05) is 57.6 Å². The first-order valence-electron chi connectivity index (χ1n) is 8.18. The van der Waals surface area contributed by atoms with E-state index >= 15 is 0 Å². The van der Waals surface area contributed by atoms with Crippen molar-refractivity contribution in [2.75, 3.05) is 37.4 Å². The van der Waals surface area contributed by atoms with Gasteiger partial charge in [-0.15, -0.1) is 0 Å². The summed E-state index contributed by atoms with van der Waals surface area (Å²) in [6.45, 7) is 2.51. The minimum Gasteiger partial charge on any atom is -0.367 e. The molecule has 0 aliphatic carbocycles. The lowest BCUT2D eigenvalue weighted by molar-refractivity contribution is 0.208. The second-order valence-corrected chi connectivity index (χ2v) is 6.32. The van der Waals surface area contributed by atoms with Crippen LogP contribution in [0.25, 0.3) is 0 Å². The Hall–Kier alpha value is -2.28.